The van der Waals surface area contributed by atoms with E-state index in [1.807, 2.05) is 29.2 Å². The molecule has 2 aromatic rings. The summed E-state index contributed by atoms with van der Waals surface area (Å²) in [6, 6.07) is 16.4. The first kappa shape index (κ1) is 22.1. The van der Waals surface area contributed by atoms with Crippen LogP contribution in [0.4, 0.5) is 4.79 Å². The summed E-state index contributed by atoms with van der Waals surface area (Å²) in [5.41, 5.74) is 4.68. The van der Waals surface area contributed by atoms with Gasteiger partial charge in [-0.25, -0.2) is 4.79 Å². The second kappa shape index (κ2) is 8.40. The number of carboxylic acid groups (broad SMARTS) is 1. The minimum atomic E-state index is -0.703. The zero-order valence-corrected chi connectivity index (χ0v) is 19.6. The number of benzene rings is 2. The molecular weight excluding hydrogens is 444 g/mol. The van der Waals surface area contributed by atoms with Gasteiger partial charge in [0.15, 0.2) is 0 Å². The van der Waals surface area contributed by atoms with Gasteiger partial charge in [0.05, 0.1) is 5.92 Å². The van der Waals surface area contributed by atoms with Gasteiger partial charge < -0.3 is 20.1 Å². The Labute approximate surface area is 204 Å². The fourth-order valence-corrected chi connectivity index (χ4v) is 6.42. The molecule has 1 spiro atoms. The largest absolute Gasteiger partial charge is 0.481 e. The Kier molecular flexibility index (Phi) is 5.31. The number of alkyl carbamates (subject to hydrolysis) is 1. The molecule has 182 valence electrons. The number of piperidine rings is 1. The van der Waals surface area contributed by atoms with Crippen LogP contribution in [0.15, 0.2) is 48.5 Å². The molecule has 3 fully saturated rings. The summed E-state index contributed by atoms with van der Waals surface area (Å²) >= 11 is 0. The Balaban J connectivity index is 0.965. The third-order valence-corrected chi connectivity index (χ3v) is 8.71. The van der Waals surface area contributed by atoms with E-state index in [4.69, 9.17) is 4.74 Å². The van der Waals surface area contributed by atoms with E-state index in [2.05, 4.69) is 29.6 Å². The first-order chi connectivity index (χ1) is 16.9. The van der Waals surface area contributed by atoms with E-state index in [9.17, 15) is 19.5 Å². The summed E-state index contributed by atoms with van der Waals surface area (Å²) in [6.07, 6.45) is 3.13. The Hall–Kier alpha value is -3.35. The molecule has 2 amide bonds. The van der Waals surface area contributed by atoms with Crippen molar-refractivity contribution in [3.8, 4) is 11.1 Å². The van der Waals surface area contributed by atoms with Crippen LogP contribution in [-0.2, 0) is 14.3 Å². The Bertz CT molecular complexity index is 1130. The van der Waals surface area contributed by atoms with Crippen molar-refractivity contribution in [2.24, 2.45) is 17.3 Å². The van der Waals surface area contributed by atoms with E-state index in [1.54, 1.807) is 0 Å². The van der Waals surface area contributed by atoms with Gasteiger partial charge in [-0.15, -0.1) is 0 Å². The van der Waals surface area contributed by atoms with Crippen LogP contribution in [0.3, 0.4) is 0 Å². The summed E-state index contributed by atoms with van der Waals surface area (Å²) < 4.78 is 5.62. The lowest BCUT2D eigenvalue weighted by Crippen LogP contribution is -2.52. The number of hydrogen-bond donors (Lipinski definition) is 2. The molecule has 2 saturated carbocycles. The summed E-state index contributed by atoms with van der Waals surface area (Å²) in [7, 11) is 0. The zero-order chi connectivity index (χ0) is 24.2. The second-order valence-corrected chi connectivity index (χ2v) is 10.6. The maximum absolute atomic E-state index is 12.9. The molecule has 35 heavy (non-hydrogen) atoms. The fourth-order valence-electron chi connectivity index (χ4n) is 6.42. The highest BCUT2D eigenvalue weighted by Gasteiger charge is 2.59. The smallest absolute Gasteiger partial charge is 0.407 e. The average molecular weight is 475 g/mol. The van der Waals surface area contributed by atoms with Crippen molar-refractivity contribution in [3.05, 3.63) is 59.7 Å². The third kappa shape index (κ3) is 3.87. The Morgan fingerprint density at radius 3 is 2.14 bits per heavy atom. The molecular formula is C28H30N2O5. The Morgan fingerprint density at radius 2 is 1.57 bits per heavy atom. The normalized spacial score (nSPS) is 25.8. The zero-order valence-electron chi connectivity index (χ0n) is 19.6. The maximum atomic E-state index is 12.9. The molecule has 3 aliphatic carbocycles. The van der Waals surface area contributed by atoms with E-state index >= 15 is 0 Å². The molecule has 6 rings (SSSR count). The molecule has 1 unspecified atom stereocenters. The van der Waals surface area contributed by atoms with Crippen LogP contribution in [0, 0.1) is 17.3 Å². The van der Waals surface area contributed by atoms with Crippen molar-refractivity contribution in [2.45, 2.75) is 44.1 Å². The number of nitrogens with one attached hydrogen (secondary N) is 1. The number of aliphatic carboxylic acids is 1. The molecule has 2 N–H and O–H groups in total. The van der Waals surface area contributed by atoms with Gasteiger partial charge in [0.1, 0.15) is 6.61 Å². The minimum absolute atomic E-state index is 0.0263. The topological polar surface area (TPSA) is 95.9 Å². The van der Waals surface area contributed by atoms with Gasteiger partial charge in [-0.2, -0.15) is 0 Å². The van der Waals surface area contributed by atoms with Gasteiger partial charge in [-0.05, 0) is 59.8 Å². The lowest BCUT2D eigenvalue weighted by molar-refractivity contribution is -0.141. The van der Waals surface area contributed by atoms with Crippen LogP contribution < -0.4 is 5.32 Å². The molecule has 1 aliphatic heterocycles. The monoisotopic (exact) mass is 474 g/mol. The molecule has 0 radical (unpaired) electrons. The number of carboxylic acids is 1. The molecule has 2 aromatic carbocycles. The molecule has 1 atom stereocenters. The van der Waals surface area contributed by atoms with Gasteiger partial charge in [0, 0.05) is 31.0 Å². The van der Waals surface area contributed by atoms with E-state index in [0.717, 1.165) is 19.3 Å². The summed E-state index contributed by atoms with van der Waals surface area (Å²) in [6.45, 7) is 1.56. The molecule has 4 aliphatic rings. The van der Waals surface area contributed by atoms with Crippen molar-refractivity contribution in [2.75, 3.05) is 19.7 Å². The van der Waals surface area contributed by atoms with Gasteiger partial charge in [-0.1, -0.05) is 48.5 Å². The molecule has 0 aromatic heterocycles. The van der Waals surface area contributed by atoms with Crippen LogP contribution >= 0.6 is 0 Å². The summed E-state index contributed by atoms with van der Waals surface area (Å²) in [5.74, 6) is -0.839. The number of ether oxygens (including phenoxy) is 1. The van der Waals surface area contributed by atoms with Crippen LogP contribution in [-0.4, -0.2) is 53.7 Å². The highest BCUT2D eigenvalue weighted by molar-refractivity contribution is 5.81. The number of likely N-dealkylation sites (tertiary alicyclic amines) is 1. The summed E-state index contributed by atoms with van der Waals surface area (Å²) in [5, 5.41) is 12.2. The first-order valence-electron chi connectivity index (χ1n) is 12.6. The standard InChI is InChI=1S/C28H30N2O5/c31-25(30-11-9-28(10-12-30)15-24(28)26(32)33)17-13-18(14-17)29-27(34)35-16-23-21-7-3-1-5-19(21)20-6-2-4-8-22(20)23/h1-8,17-18,23-24H,9-16H2,(H,29,34)(H,32,33). The van der Waals surface area contributed by atoms with Gasteiger partial charge in [0.2, 0.25) is 5.91 Å². The summed E-state index contributed by atoms with van der Waals surface area (Å²) in [4.78, 5) is 38.5. The minimum Gasteiger partial charge on any atom is -0.481 e. The average Bonchev–Trinajstić information content (AvgIpc) is 3.45. The number of fused-ring (bicyclic) bond motifs is 3. The number of hydrogen-bond acceptors (Lipinski definition) is 4. The molecule has 7 heteroatoms. The predicted molar refractivity (Wildman–Crippen MR) is 129 cm³/mol. The van der Waals surface area contributed by atoms with Gasteiger partial charge in [-0.3, -0.25) is 9.59 Å². The third-order valence-electron chi connectivity index (χ3n) is 8.71. The molecule has 0 bridgehead atoms. The Morgan fingerprint density at radius 1 is 0.971 bits per heavy atom. The SMILES string of the molecule is O=C(NC1CC(C(=O)N2CCC3(CC2)CC3C(=O)O)C1)OCC1c2ccccc2-c2ccccc21. The van der Waals surface area contributed by atoms with E-state index in [0.29, 0.717) is 25.9 Å². The molecule has 1 saturated heterocycles. The highest BCUT2D eigenvalue weighted by atomic mass is 16.5. The van der Waals surface area contributed by atoms with Crippen LogP contribution in [0.25, 0.3) is 11.1 Å². The number of amides is 2. The van der Waals surface area contributed by atoms with Crippen molar-refractivity contribution in [1.82, 2.24) is 10.2 Å². The fraction of sp³-hybridized carbons (Fsp3) is 0.464. The number of carbonyl (C=O) groups excluding carboxylic acids is 2. The van der Waals surface area contributed by atoms with Crippen LogP contribution in [0.1, 0.15) is 49.1 Å². The van der Waals surface area contributed by atoms with Crippen molar-refractivity contribution >= 4 is 18.0 Å². The van der Waals surface area contributed by atoms with Gasteiger partial charge in [0.25, 0.3) is 0 Å². The van der Waals surface area contributed by atoms with E-state index in [-0.39, 0.29) is 41.7 Å². The number of nitrogens with zero attached hydrogens (tertiary/aromatic N) is 1. The van der Waals surface area contributed by atoms with Crippen molar-refractivity contribution < 1.29 is 24.2 Å². The molecule has 1 heterocycles. The second-order valence-electron chi connectivity index (χ2n) is 10.6. The maximum Gasteiger partial charge on any atom is 0.407 e. The van der Waals surface area contributed by atoms with Crippen LogP contribution in [0.5, 0.6) is 0 Å². The van der Waals surface area contributed by atoms with Crippen molar-refractivity contribution in [1.29, 1.82) is 0 Å². The predicted octanol–water partition coefficient (Wildman–Crippen LogP) is 4.02. The van der Waals surface area contributed by atoms with Crippen LogP contribution in [0.2, 0.25) is 0 Å². The quantitative estimate of drug-likeness (QED) is 0.683. The lowest BCUT2D eigenvalue weighted by Gasteiger charge is -2.40. The number of carbonyl (C=O) groups is 3. The van der Waals surface area contributed by atoms with E-state index in [1.165, 1.54) is 22.3 Å². The molecule has 7 nitrogen and oxygen atoms in total. The highest BCUT2D eigenvalue weighted by Crippen LogP contribution is 2.59. The first-order valence-corrected chi connectivity index (χ1v) is 12.6. The lowest BCUT2D eigenvalue weighted by atomic mass is 9.78. The van der Waals surface area contributed by atoms with E-state index < -0.39 is 12.1 Å². The van der Waals surface area contributed by atoms with Gasteiger partial charge >= 0.3 is 12.1 Å². The number of rotatable bonds is 5. The van der Waals surface area contributed by atoms with Crippen molar-refractivity contribution in [3.63, 3.8) is 0 Å².